The molecule has 3 heterocycles. The number of aryl methyl sites for hydroxylation is 1. The molecule has 1 aliphatic heterocycles. The van der Waals surface area contributed by atoms with Crippen LogP contribution in [0, 0.1) is 0 Å². The molecule has 1 saturated heterocycles. The Labute approximate surface area is 141 Å². The lowest BCUT2D eigenvalue weighted by atomic mass is 10.2. The Kier molecular flexibility index (Phi) is 4.94. The minimum atomic E-state index is -0.271. The summed E-state index contributed by atoms with van der Waals surface area (Å²) < 4.78 is 7.60. The van der Waals surface area contributed by atoms with Gasteiger partial charge in [-0.15, -0.1) is 0 Å². The molecule has 1 N–H and O–H groups in total. The Hall–Kier alpha value is -2.22. The zero-order valence-corrected chi connectivity index (χ0v) is 14.4. The van der Waals surface area contributed by atoms with Crippen LogP contribution >= 0.6 is 0 Å². The molecule has 0 bridgehead atoms. The van der Waals surface area contributed by atoms with Gasteiger partial charge in [0.1, 0.15) is 11.9 Å². The fraction of sp³-hybridized carbons (Fsp3) is 0.625. The summed E-state index contributed by atoms with van der Waals surface area (Å²) in [4.78, 5) is 18.8. The van der Waals surface area contributed by atoms with E-state index >= 15 is 0 Å². The zero-order valence-electron chi connectivity index (χ0n) is 14.4. The molecule has 1 unspecified atom stereocenters. The molecule has 0 radical (unpaired) electrons. The van der Waals surface area contributed by atoms with Crippen molar-refractivity contribution in [1.29, 1.82) is 0 Å². The average Bonchev–Trinajstić information content (AvgIpc) is 3.24. The second-order valence-corrected chi connectivity index (χ2v) is 6.25. The van der Waals surface area contributed by atoms with Gasteiger partial charge in [-0.25, -0.2) is 4.98 Å². The highest BCUT2D eigenvalue weighted by atomic mass is 16.5. The highest BCUT2D eigenvalue weighted by Crippen LogP contribution is 2.20. The topological polar surface area (TPSA) is 88.9 Å². The molecular formula is C16H24N6O2. The summed E-state index contributed by atoms with van der Waals surface area (Å²) in [5.74, 6) is 1.51. The number of rotatable bonds is 5. The first-order valence-electron chi connectivity index (χ1n) is 8.41. The molecule has 8 nitrogen and oxygen atoms in total. The van der Waals surface area contributed by atoms with E-state index in [0.29, 0.717) is 38.0 Å². The quantitative estimate of drug-likeness (QED) is 0.891. The van der Waals surface area contributed by atoms with Crippen LogP contribution in [0.15, 0.2) is 12.3 Å². The molecule has 2 aromatic heterocycles. The Morgan fingerprint density at radius 1 is 1.50 bits per heavy atom. The first-order valence-corrected chi connectivity index (χ1v) is 8.41. The number of nitrogens with one attached hydrogen (secondary N) is 1. The summed E-state index contributed by atoms with van der Waals surface area (Å²) in [7, 11) is 0. The van der Waals surface area contributed by atoms with Crippen LogP contribution in [-0.4, -0.2) is 55.5 Å². The first-order chi connectivity index (χ1) is 11.6. The van der Waals surface area contributed by atoms with Gasteiger partial charge in [0, 0.05) is 25.2 Å². The van der Waals surface area contributed by atoms with E-state index in [9.17, 15) is 4.79 Å². The van der Waals surface area contributed by atoms with Crippen LogP contribution in [-0.2, 0) is 22.4 Å². The number of carbonyl (C=O) groups is 1. The number of morpholine rings is 1. The van der Waals surface area contributed by atoms with Crippen LogP contribution in [0.4, 0.5) is 0 Å². The summed E-state index contributed by atoms with van der Waals surface area (Å²) in [6.07, 6.45) is 2.74. The van der Waals surface area contributed by atoms with Crippen LogP contribution in [0.25, 0.3) is 0 Å². The summed E-state index contributed by atoms with van der Waals surface area (Å²) in [5, 5.41) is 11.5. The van der Waals surface area contributed by atoms with E-state index in [1.807, 2.05) is 28.8 Å². The van der Waals surface area contributed by atoms with Gasteiger partial charge in [0.2, 0.25) is 5.91 Å². The fourth-order valence-electron chi connectivity index (χ4n) is 2.67. The third-order valence-corrected chi connectivity index (χ3v) is 4.12. The molecule has 130 valence electrons. The second kappa shape index (κ2) is 7.12. The van der Waals surface area contributed by atoms with Crippen molar-refractivity contribution in [2.75, 3.05) is 19.7 Å². The SMILES string of the molecule is CCc1nc(C2CN(C(=O)Cc3ccn(C(C)C)n3)CCO2)n[nH]1. The number of aromatic nitrogens is 5. The van der Waals surface area contributed by atoms with E-state index in [-0.39, 0.29) is 12.0 Å². The van der Waals surface area contributed by atoms with Crippen LogP contribution in [0.3, 0.4) is 0 Å². The van der Waals surface area contributed by atoms with Crippen LogP contribution < -0.4 is 0 Å². The van der Waals surface area contributed by atoms with Gasteiger partial charge in [0.25, 0.3) is 0 Å². The molecule has 24 heavy (non-hydrogen) atoms. The van der Waals surface area contributed by atoms with Crippen LogP contribution in [0.2, 0.25) is 0 Å². The van der Waals surface area contributed by atoms with E-state index in [1.54, 1.807) is 0 Å². The van der Waals surface area contributed by atoms with Crippen molar-refractivity contribution in [3.8, 4) is 0 Å². The molecule has 0 aliphatic carbocycles. The Morgan fingerprint density at radius 2 is 2.33 bits per heavy atom. The Balaban J connectivity index is 1.62. The lowest BCUT2D eigenvalue weighted by molar-refractivity contribution is -0.138. The number of H-pyrrole nitrogens is 1. The van der Waals surface area contributed by atoms with Gasteiger partial charge in [-0.2, -0.15) is 10.2 Å². The molecule has 1 aliphatic rings. The molecule has 0 aromatic carbocycles. The van der Waals surface area contributed by atoms with Gasteiger partial charge in [0.15, 0.2) is 5.82 Å². The number of hydrogen-bond acceptors (Lipinski definition) is 5. The van der Waals surface area contributed by atoms with Gasteiger partial charge in [0.05, 0.1) is 25.3 Å². The number of carbonyl (C=O) groups excluding carboxylic acids is 1. The van der Waals surface area contributed by atoms with E-state index < -0.39 is 0 Å². The number of amides is 1. The lowest BCUT2D eigenvalue weighted by Gasteiger charge is -2.31. The zero-order chi connectivity index (χ0) is 17.1. The minimum absolute atomic E-state index is 0.0588. The standard InChI is InChI=1S/C16H24N6O2/c1-4-14-17-16(19-18-14)13-10-21(7-8-24-13)15(23)9-12-5-6-22(20-12)11(2)3/h5-6,11,13H,4,7-10H2,1-3H3,(H,17,18,19). The maximum Gasteiger partial charge on any atom is 0.228 e. The molecule has 0 spiro atoms. The largest absolute Gasteiger partial charge is 0.366 e. The highest BCUT2D eigenvalue weighted by molar-refractivity contribution is 5.78. The monoisotopic (exact) mass is 332 g/mol. The van der Waals surface area contributed by atoms with Gasteiger partial charge in [-0.1, -0.05) is 6.92 Å². The Morgan fingerprint density at radius 3 is 3.00 bits per heavy atom. The van der Waals surface area contributed by atoms with Crippen molar-refractivity contribution < 1.29 is 9.53 Å². The predicted molar refractivity (Wildman–Crippen MR) is 87.3 cm³/mol. The molecule has 1 fully saturated rings. The molecule has 2 aromatic rings. The number of nitrogens with zero attached hydrogens (tertiary/aromatic N) is 5. The van der Waals surface area contributed by atoms with E-state index in [2.05, 4.69) is 34.1 Å². The molecule has 0 saturated carbocycles. The maximum atomic E-state index is 12.6. The van der Waals surface area contributed by atoms with E-state index in [1.165, 1.54) is 0 Å². The summed E-state index contributed by atoms with van der Waals surface area (Å²) in [6, 6.07) is 2.19. The fourth-order valence-corrected chi connectivity index (χ4v) is 2.67. The van der Waals surface area contributed by atoms with Crippen molar-refractivity contribution in [3.63, 3.8) is 0 Å². The number of ether oxygens (including phenoxy) is 1. The average molecular weight is 332 g/mol. The van der Waals surface area contributed by atoms with Crippen LogP contribution in [0.1, 0.15) is 50.3 Å². The lowest BCUT2D eigenvalue weighted by Crippen LogP contribution is -2.43. The number of aromatic amines is 1. The van der Waals surface area contributed by atoms with E-state index in [0.717, 1.165) is 17.9 Å². The highest BCUT2D eigenvalue weighted by Gasteiger charge is 2.28. The number of hydrogen-bond donors (Lipinski definition) is 1. The summed E-state index contributed by atoms with van der Waals surface area (Å²) in [5.41, 5.74) is 0.794. The van der Waals surface area contributed by atoms with Gasteiger partial charge < -0.3 is 9.64 Å². The molecule has 3 rings (SSSR count). The third kappa shape index (κ3) is 3.64. The molecule has 1 amide bonds. The van der Waals surface area contributed by atoms with Crippen LogP contribution in [0.5, 0.6) is 0 Å². The van der Waals surface area contributed by atoms with Crippen molar-refractivity contribution in [3.05, 3.63) is 29.6 Å². The predicted octanol–water partition coefficient (Wildman–Crippen LogP) is 1.29. The minimum Gasteiger partial charge on any atom is -0.366 e. The van der Waals surface area contributed by atoms with Gasteiger partial charge >= 0.3 is 0 Å². The smallest absolute Gasteiger partial charge is 0.228 e. The van der Waals surface area contributed by atoms with Crippen molar-refractivity contribution in [2.24, 2.45) is 0 Å². The normalized spacial score (nSPS) is 18.3. The van der Waals surface area contributed by atoms with Crippen molar-refractivity contribution in [2.45, 2.75) is 45.8 Å². The Bertz CT molecular complexity index is 692. The van der Waals surface area contributed by atoms with Gasteiger partial charge in [-0.05, 0) is 19.9 Å². The van der Waals surface area contributed by atoms with Crippen molar-refractivity contribution >= 4 is 5.91 Å². The first kappa shape index (κ1) is 16.6. The summed E-state index contributed by atoms with van der Waals surface area (Å²) >= 11 is 0. The molecule has 1 atom stereocenters. The maximum absolute atomic E-state index is 12.6. The third-order valence-electron chi connectivity index (χ3n) is 4.12. The molecule has 8 heteroatoms. The van der Waals surface area contributed by atoms with Gasteiger partial charge in [-0.3, -0.25) is 14.6 Å². The second-order valence-electron chi connectivity index (χ2n) is 6.25. The molecular weight excluding hydrogens is 308 g/mol. The van der Waals surface area contributed by atoms with E-state index in [4.69, 9.17) is 4.74 Å². The summed E-state index contributed by atoms with van der Waals surface area (Å²) in [6.45, 7) is 7.69. The van der Waals surface area contributed by atoms with Crippen molar-refractivity contribution in [1.82, 2.24) is 29.9 Å².